The number of carboxylic acids is 2. The summed E-state index contributed by atoms with van der Waals surface area (Å²) in [5.41, 5.74) is 5.00. The van der Waals surface area contributed by atoms with E-state index in [1.54, 1.807) is 0 Å². The van der Waals surface area contributed by atoms with Gasteiger partial charge in [0, 0.05) is 13.0 Å². The lowest BCUT2D eigenvalue weighted by Gasteiger charge is -2.01. The van der Waals surface area contributed by atoms with Crippen LogP contribution in [0.2, 0.25) is 0 Å². The van der Waals surface area contributed by atoms with Crippen LogP contribution in [-0.2, 0) is 9.59 Å². The fraction of sp³-hybridized carbons (Fsp3) is 0.846. The Kier molecular flexibility index (Phi) is 15.8. The Balaban J connectivity index is 0. The van der Waals surface area contributed by atoms with Crippen molar-refractivity contribution in [3.63, 3.8) is 0 Å². The fourth-order valence-electron chi connectivity index (χ4n) is 1.29. The van der Waals surface area contributed by atoms with Crippen molar-refractivity contribution < 1.29 is 24.9 Å². The maximum atomic E-state index is 9.99. The summed E-state index contributed by atoms with van der Waals surface area (Å²) in [6, 6.07) is -1.06. The van der Waals surface area contributed by atoms with Crippen LogP contribution in [0.3, 0.4) is 0 Å². The zero-order valence-corrected chi connectivity index (χ0v) is 11.7. The van der Waals surface area contributed by atoms with Gasteiger partial charge in [-0.2, -0.15) is 0 Å². The van der Waals surface area contributed by atoms with E-state index in [0.29, 0.717) is 6.61 Å². The molecular weight excluding hydrogens is 250 g/mol. The number of carboxylic acid groups (broad SMARTS) is 2. The van der Waals surface area contributed by atoms with Crippen LogP contribution in [0.1, 0.15) is 58.3 Å². The summed E-state index contributed by atoms with van der Waals surface area (Å²) in [5, 5.41) is 24.7. The van der Waals surface area contributed by atoms with Gasteiger partial charge in [-0.25, -0.2) is 0 Å². The number of unbranched alkanes of at least 4 members (excludes halogenated alkanes) is 5. The molecule has 0 aromatic heterocycles. The van der Waals surface area contributed by atoms with Gasteiger partial charge >= 0.3 is 11.9 Å². The Morgan fingerprint density at radius 1 is 1.05 bits per heavy atom. The average molecular weight is 277 g/mol. The molecule has 0 aromatic carbocycles. The van der Waals surface area contributed by atoms with E-state index < -0.39 is 18.0 Å². The molecule has 1 unspecified atom stereocenters. The molecule has 0 aromatic rings. The molecule has 6 nitrogen and oxygen atoms in total. The highest BCUT2D eigenvalue weighted by Gasteiger charge is 2.12. The van der Waals surface area contributed by atoms with Crippen LogP contribution in [0.25, 0.3) is 0 Å². The van der Waals surface area contributed by atoms with Crippen LogP contribution in [0.5, 0.6) is 0 Å². The monoisotopic (exact) mass is 277 g/mol. The first-order valence-electron chi connectivity index (χ1n) is 6.76. The van der Waals surface area contributed by atoms with Gasteiger partial charge in [0.1, 0.15) is 6.04 Å². The third kappa shape index (κ3) is 19.4. The van der Waals surface area contributed by atoms with Crippen LogP contribution < -0.4 is 5.73 Å². The normalized spacial score (nSPS) is 11.3. The Morgan fingerprint density at radius 2 is 1.58 bits per heavy atom. The Morgan fingerprint density at radius 3 is 2.00 bits per heavy atom. The second kappa shape index (κ2) is 14.9. The van der Waals surface area contributed by atoms with Crippen LogP contribution >= 0.6 is 0 Å². The van der Waals surface area contributed by atoms with Crippen LogP contribution in [0, 0.1) is 0 Å². The maximum absolute atomic E-state index is 9.99. The zero-order chi connectivity index (χ0) is 15.1. The van der Waals surface area contributed by atoms with Crippen molar-refractivity contribution in [1.29, 1.82) is 0 Å². The van der Waals surface area contributed by atoms with Crippen molar-refractivity contribution >= 4 is 11.9 Å². The highest BCUT2D eigenvalue weighted by molar-refractivity contribution is 5.74. The van der Waals surface area contributed by atoms with Gasteiger partial charge in [-0.15, -0.1) is 0 Å². The number of nitrogens with two attached hydrogens (primary N) is 1. The van der Waals surface area contributed by atoms with Gasteiger partial charge in [0.2, 0.25) is 0 Å². The van der Waals surface area contributed by atoms with E-state index in [4.69, 9.17) is 21.1 Å². The topological polar surface area (TPSA) is 121 Å². The van der Waals surface area contributed by atoms with E-state index in [0.717, 1.165) is 6.42 Å². The summed E-state index contributed by atoms with van der Waals surface area (Å²) in [6.07, 6.45) is 7.27. The molecule has 0 aliphatic heterocycles. The van der Waals surface area contributed by atoms with Gasteiger partial charge < -0.3 is 21.1 Å². The average Bonchev–Trinajstić information content (AvgIpc) is 2.36. The van der Waals surface area contributed by atoms with E-state index >= 15 is 0 Å². The molecule has 0 saturated heterocycles. The van der Waals surface area contributed by atoms with Crippen molar-refractivity contribution in [2.24, 2.45) is 5.73 Å². The zero-order valence-electron chi connectivity index (χ0n) is 11.7. The fourth-order valence-corrected chi connectivity index (χ4v) is 1.29. The van der Waals surface area contributed by atoms with Gasteiger partial charge in [-0.1, -0.05) is 39.0 Å². The van der Waals surface area contributed by atoms with Crippen molar-refractivity contribution in [3.8, 4) is 0 Å². The molecule has 114 valence electrons. The lowest BCUT2D eigenvalue weighted by Crippen LogP contribution is -2.30. The Bertz CT molecular complexity index is 227. The molecule has 1 atom stereocenters. The molecular formula is C13H27NO5. The standard InChI is InChI=1S/C8H18O.C5H9NO4/c1-2-3-4-5-6-7-8-9;6-3(5(9)10)1-2-4(7)8/h9H,2-8H2,1H3;3H,1-2,6H2,(H,7,8)(H,9,10). The van der Waals surface area contributed by atoms with E-state index in [1.165, 1.54) is 32.1 Å². The summed E-state index contributed by atoms with van der Waals surface area (Å²) in [4.78, 5) is 19.9. The molecule has 0 fully saturated rings. The number of hydrogen-bond donors (Lipinski definition) is 4. The number of aliphatic hydroxyl groups is 1. The minimum atomic E-state index is -1.17. The van der Waals surface area contributed by atoms with Crippen molar-refractivity contribution in [2.75, 3.05) is 6.61 Å². The first-order chi connectivity index (χ1) is 8.95. The Labute approximate surface area is 114 Å². The van der Waals surface area contributed by atoms with Gasteiger partial charge in [0.15, 0.2) is 0 Å². The highest BCUT2D eigenvalue weighted by Crippen LogP contribution is 2.03. The SMILES string of the molecule is CCCCCCCCO.NC(CCC(=O)O)C(=O)O. The Hall–Kier alpha value is -1.14. The van der Waals surface area contributed by atoms with Crippen molar-refractivity contribution in [1.82, 2.24) is 0 Å². The van der Waals surface area contributed by atoms with Gasteiger partial charge in [-0.3, -0.25) is 9.59 Å². The van der Waals surface area contributed by atoms with Crippen LogP contribution in [0.15, 0.2) is 0 Å². The van der Waals surface area contributed by atoms with Crippen molar-refractivity contribution in [3.05, 3.63) is 0 Å². The lowest BCUT2D eigenvalue weighted by molar-refractivity contribution is -0.139. The molecule has 0 bridgehead atoms. The summed E-state index contributed by atoms with van der Waals surface area (Å²) in [6.45, 7) is 2.58. The van der Waals surface area contributed by atoms with E-state index in [-0.39, 0.29) is 12.8 Å². The maximum Gasteiger partial charge on any atom is 0.320 e. The number of rotatable bonds is 10. The number of aliphatic carboxylic acids is 2. The van der Waals surface area contributed by atoms with Crippen LogP contribution in [0.4, 0.5) is 0 Å². The number of aliphatic hydroxyl groups excluding tert-OH is 1. The van der Waals surface area contributed by atoms with E-state index in [1.807, 2.05) is 0 Å². The molecule has 0 aliphatic rings. The first kappa shape index (κ1) is 20.2. The molecule has 0 spiro atoms. The third-order valence-corrected chi connectivity index (χ3v) is 2.50. The highest BCUT2D eigenvalue weighted by atomic mass is 16.4. The summed E-state index contributed by atoms with van der Waals surface area (Å²) in [7, 11) is 0. The molecule has 0 aliphatic carbocycles. The van der Waals surface area contributed by atoms with Gasteiger partial charge in [0.25, 0.3) is 0 Å². The van der Waals surface area contributed by atoms with Crippen LogP contribution in [-0.4, -0.2) is 39.9 Å². The molecule has 5 N–H and O–H groups in total. The molecule has 6 heteroatoms. The molecule has 0 amide bonds. The minimum Gasteiger partial charge on any atom is -0.481 e. The summed E-state index contributed by atoms with van der Waals surface area (Å²) < 4.78 is 0. The van der Waals surface area contributed by atoms with E-state index in [2.05, 4.69) is 6.92 Å². The molecule has 0 saturated carbocycles. The predicted molar refractivity (Wildman–Crippen MR) is 72.9 cm³/mol. The number of hydrogen-bond acceptors (Lipinski definition) is 4. The smallest absolute Gasteiger partial charge is 0.320 e. The summed E-state index contributed by atoms with van der Waals surface area (Å²) >= 11 is 0. The lowest BCUT2D eigenvalue weighted by atomic mass is 10.1. The largest absolute Gasteiger partial charge is 0.481 e. The second-order valence-electron chi connectivity index (χ2n) is 4.37. The molecule has 0 rings (SSSR count). The third-order valence-electron chi connectivity index (χ3n) is 2.50. The predicted octanol–water partition coefficient (Wildman–Crippen LogP) is 1.60. The van der Waals surface area contributed by atoms with E-state index in [9.17, 15) is 9.59 Å². The minimum absolute atomic E-state index is 0.0231. The second-order valence-corrected chi connectivity index (χ2v) is 4.37. The summed E-state index contributed by atoms with van der Waals surface area (Å²) in [5.74, 6) is -2.20. The number of carbonyl (C=O) groups is 2. The molecule has 19 heavy (non-hydrogen) atoms. The molecule has 0 heterocycles. The molecule has 0 radical (unpaired) electrons. The quantitative estimate of drug-likeness (QED) is 0.450. The van der Waals surface area contributed by atoms with Crippen molar-refractivity contribution in [2.45, 2.75) is 64.3 Å². The van der Waals surface area contributed by atoms with Gasteiger partial charge in [0.05, 0.1) is 0 Å². The first-order valence-corrected chi connectivity index (χ1v) is 6.76. The van der Waals surface area contributed by atoms with Gasteiger partial charge in [-0.05, 0) is 12.8 Å².